The van der Waals surface area contributed by atoms with E-state index in [-0.39, 0.29) is 11.8 Å². The molecule has 4 aromatic carbocycles. The number of amides is 2. The summed E-state index contributed by atoms with van der Waals surface area (Å²) in [6.45, 7) is 1.90. The lowest BCUT2D eigenvalue weighted by atomic mass is 10.1. The summed E-state index contributed by atoms with van der Waals surface area (Å²) in [6.07, 6.45) is 0. The van der Waals surface area contributed by atoms with Crippen molar-refractivity contribution in [1.82, 2.24) is 0 Å². The minimum absolute atomic E-state index is 0.163. The molecule has 4 nitrogen and oxygen atoms in total. The quantitative estimate of drug-likeness (QED) is 0.242. The Balaban J connectivity index is 1.51. The summed E-state index contributed by atoms with van der Waals surface area (Å²) in [6, 6.07) is 29.3. The van der Waals surface area contributed by atoms with Crippen molar-refractivity contribution in [1.29, 1.82) is 0 Å². The van der Waals surface area contributed by atoms with Gasteiger partial charge in [-0.1, -0.05) is 71.7 Å². The van der Waals surface area contributed by atoms with E-state index in [2.05, 4.69) is 10.6 Å². The van der Waals surface area contributed by atoms with Crippen LogP contribution in [0.4, 0.5) is 11.4 Å². The molecule has 1 unspecified atom stereocenters. The third-order valence-electron chi connectivity index (χ3n) is 5.28. The van der Waals surface area contributed by atoms with Gasteiger partial charge in [-0.05, 0) is 66.6 Å². The standard InChI is InChI=1S/C28H22Cl2N2O2S/c1-18-7-5-6-10-23(18)27(33)31-21-12-14-22(15-13-21)35-26(19-8-3-2-4-9-19)28(34)32-25-17-20(29)11-16-24(25)30/h2-17,26H,1H3,(H,31,33)(H,32,34). The predicted octanol–water partition coefficient (Wildman–Crippen LogP) is 8.03. The van der Waals surface area contributed by atoms with Gasteiger partial charge in [-0.15, -0.1) is 11.8 Å². The van der Waals surface area contributed by atoms with Crippen LogP contribution in [-0.4, -0.2) is 11.8 Å². The smallest absolute Gasteiger partial charge is 0.255 e. The van der Waals surface area contributed by atoms with Crippen molar-refractivity contribution in [2.45, 2.75) is 17.1 Å². The van der Waals surface area contributed by atoms with Crippen molar-refractivity contribution in [2.24, 2.45) is 0 Å². The molecular formula is C28H22Cl2N2O2S. The Morgan fingerprint density at radius 1 is 0.800 bits per heavy atom. The summed E-state index contributed by atoms with van der Waals surface area (Å²) < 4.78 is 0. The lowest BCUT2D eigenvalue weighted by Gasteiger charge is -2.18. The van der Waals surface area contributed by atoms with Gasteiger partial charge in [0.15, 0.2) is 0 Å². The molecule has 35 heavy (non-hydrogen) atoms. The number of carbonyl (C=O) groups is 2. The molecule has 0 aliphatic rings. The average Bonchev–Trinajstić information content (AvgIpc) is 2.86. The van der Waals surface area contributed by atoms with Crippen LogP contribution in [0.15, 0.2) is 102 Å². The van der Waals surface area contributed by atoms with Crippen molar-refractivity contribution >= 4 is 58.2 Å². The topological polar surface area (TPSA) is 58.2 Å². The highest BCUT2D eigenvalue weighted by Crippen LogP contribution is 2.37. The van der Waals surface area contributed by atoms with Gasteiger partial charge in [-0.3, -0.25) is 9.59 Å². The number of aryl methyl sites for hydroxylation is 1. The molecule has 0 bridgehead atoms. The Hall–Kier alpha value is -3.25. The number of nitrogens with one attached hydrogen (secondary N) is 2. The van der Waals surface area contributed by atoms with Gasteiger partial charge in [-0.25, -0.2) is 0 Å². The fourth-order valence-corrected chi connectivity index (χ4v) is 4.83. The number of thioether (sulfide) groups is 1. The first-order valence-corrected chi connectivity index (χ1v) is 12.5. The number of hydrogen-bond acceptors (Lipinski definition) is 3. The summed E-state index contributed by atoms with van der Waals surface area (Å²) >= 11 is 13.7. The monoisotopic (exact) mass is 520 g/mol. The molecule has 0 fully saturated rings. The molecule has 2 amide bonds. The molecule has 0 heterocycles. The van der Waals surface area contributed by atoms with E-state index in [4.69, 9.17) is 23.2 Å². The summed E-state index contributed by atoms with van der Waals surface area (Å²) in [5.74, 6) is -0.384. The second kappa shape index (κ2) is 11.5. The van der Waals surface area contributed by atoms with E-state index in [9.17, 15) is 9.59 Å². The molecule has 0 aromatic heterocycles. The molecule has 0 saturated heterocycles. The molecule has 2 N–H and O–H groups in total. The van der Waals surface area contributed by atoms with E-state index in [1.807, 2.05) is 79.7 Å². The van der Waals surface area contributed by atoms with Crippen molar-refractivity contribution in [3.63, 3.8) is 0 Å². The number of anilines is 2. The molecule has 0 spiro atoms. The van der Waals surface area contributed by atoms with Gasteiger partial charge in [0, 0.05) is 21.2 Å². The average molecular weight is 521 g/mol. The van der Waals surface area contributed by atoms with E-state index in [0.717, 1.165) is 16.0 Å². The van der Waals surface area contributed by atoms with Crippen molar-refractivity contribution in [3.05, 3.63) is 124 Å². The van der Waals surface area contributed by atoms with Gasteiger partial charge in [0.2, 0.25) is 5.91 Å². The first-order chi connectivity index (χ1) is 16.9. The molecule has 4 rings (SSSR count). The Bertz CT molecular complexity index is 1340. The number of carbonyl (C=O) groups excluding carboxylic acids is 2. The normalized spacial score (nSPS) is 11.5. The summed E-state index contributed by atoms with van der Waals surface area (Å²) in [7, 11) is 0. The first kappa shape index (κ1) is 24.9. The summed E-state index contributed by atoms with van der Waals surface area (Å²) in [5.41, 5.74) is 3.53. The molecule has 1 atom stereocenters. The molecule has 0 aliphatic heterocycles. The van der Waals surface area contributed by atoms with Gasteiger partial charge < -0.3 is 10.6 Å². The molecule has 4 aromatic rings. The maximum atomic E-state index is 13.3. The highest BCUT2D eigenvalue weighted by Gasteiger charge is 2.23. The van der Waals surface area contributed by atoms with E-state index in [1.165, 1.54) is 11.8 Å². The van der Waals surface area contributed by atoms with Crippen LogP contribution < -0.4 is 10.6 Å². The lowest BCUT2D eigenvalue weighted by Crippen LogP contribution is -2.19. The lowest BCUT2D eigenvalue weighted by molar-refractivity contribution is -0.115. The van der Waals surface area contributed by atoms with Gasteiger partial charge in [0.05, 0.1) is 10.7 Å². The third-order valence-corrected chi connectivity index (χ3v) is 7.11. The predicted molar refractivity (Wildman–Crippen MR) is 146 cm³/mol. The molecule has 0 saturated carbocycles. The van der Waals surface area contributed by atoms with E-state index >= 15 is 0 Å². The van der Waals surface area contributed by atoms with Crippen molar-refractivity contribution in [2.75, 3.05) is 10.6 Å². The molecule has 7 heteroatoms. The highest BCUT2D eigenvalue weighted by atomic mass is 35.5. The Labute approximate surface area is 218 Å². The Morgan fingerprint density at radius 3 is 2.20 bits per heavy atom. The van der Waals surface area contributed by atoms with Crippen LogP contribution in [0, 0.1) is 6.92 Å². The number of halogens is 2. The zero-order valence-corrected chi connectivity index (χ0v) is 21.1. The van der Waals surface area contributed by atoms with Crippen LogP contribution in [0.2, 0.25) is 10.0 Å². The van der Waals surface area contributed by atoms with E-state index < -0.39 is 5.25 Å². The van der Waals surface area contributed by atoms with Gasteiger partial charge in [0.1, 0.15) is 5.25 Å². The van der Waals surface area contributed by atoms with Crippen molar-refractivity contribution in [3.8, 4) is 0 Å². The first-order valence-electron chi connectivity index (χ1n) is 10.9. The summed E-state index contributed by atoms with van der Waals surface area (Å²) in [4.78, 5) is 26.8. The largest absolute Gasteiger partial charge is 0.323 e. The SMILES string of the molecule is Cc1ccccc1C(=O)Nc1ccc(SC(C(=O)Nc2cc(Cl)ccc2Cl)c2ccccc2)cc1. The highest BCUT2D eigenvalue weighted by molar-refractivity contribution is 8.00. The second-order valence-corrected chi connectivity index (χ2v) is 9.84. The zero-order chi connectivity index (χ0) is 24.8. The van der Waals surface area contributed by atoms with E-state index in [0.29, 0.717) is 27.0 Å². The zero-order valence-electron chi connectivity index (χ0n) is 18.8. The fourth-order valence-electron chi connectivity index (χ4n) is 3.47. The Kier molecular flexibility index (Phi) is 8.13. The fraction of sp³-hybridized carbons (Fsp3) is 0.0714. The van der Waals surface area contributed by atoms with Crippen LogP contribution in [-0.2, 0) is 4.79 Å². The summed E-state index contributed by atoms with van der Waals surface area (Å²) in [5, 5.41) is 6.19. The van der Waals surface area contributed by atoms with Gasteiger partial charge in [-0.2, -0.15) is 0 Å². The van der Waals surface area contributed by atoms with Gasteiger partial charge in [0.25, 0.3) is 5.91 Å². The number of rotatable bonds is 7. The number of hydrogen-bond donors (Lipinski definition) is 2. The van der Waals surface area contributed by atoms with Crippen LogP contribution in [0.25, 0.3) is 0 Å². The maximum Gasteiger partial charge on any atom is 0.255 e. The van der Waals surface area contributed by atoms with Crippen LogP contribution >= 0.6 is 35.0 Å². The van der Waals surface area contributed by atoms with Crippen LogP contribution in [0.1, 0.15) is 26.7 Å². The second-order valence-electron chi connectivity index (χ2n) is 7.82. The maximum absolute atomic E-state index is 13.3. The Morgan fingerprint density at radius 2 is 1.49 bits per heavy atom. The minimum Gasteiger partial charge on any atom is -0.323 e. The minimum atomic E-state index is -0.529. The van der Waals surface area contributed by atoms with Crippen molar-refractivity contribution < 1.29 is 9.59 Å². The molecular weight excluding hydrogens is 499 g/mol. The third kappa shape index (κ3) is 6.45. The van der Waals surface area contributed by atoms with Gasteiger partial charge >= 0.3 is 0 Å². The molecule has 0 aliphatic carbocycles. The van der Waals surface area contributed by atoms with E-state index in [1.54, 1.807) is 24.3 Å². The molecule has 176 valence electrons. The van der Waals surface area contributed by atoms with Crippen LogP contribution in [0.5, 0.6) is 0 Å². The van der Waals surface area contributed by atoms with Crippen LogP contribution in [0.3, 0.4) is 0 Å². The number of benzene rings is 4. The molecule has 0 radical (unpaired) electrons.